The molecule has 1 fully saturated rings. The summed E-state index contributed by atoms with van der Waals surface area (Å²) < 4.78 is 0. The summed E-state index contributed by atoms with van der Waals surface area (Å²) in [4.78, 5) is 0. The van der Waals surface area contributed by atoms with Gasteiger partial charge in [-0.25, -0.2) is 0 Å². The smallest absolute Gasteiger partial charge is 0.107 e. The van der Waals surface area contributed by atoms with Crippen molar-refractivity contribution in [3.8, 4) is 0 Å². The average molecular weight is 147 g/mol. The lowest BCUT2D eigenvalue weighted by molar-refractivity contribution is -0.0924. The second-order valence-electron chi connectivity index (χ2n) is 2.79. The molecule has 0 spiro atoms. The first-order valence-electron chi connectivity index (χ1n) is 3.42. The number of hydrogen-bond acceptors (Lipinski definition) is 4. The quantitative estimate of drug-likeness (QED) is 0.325. The van der Waals surface area contributed by atoms with Gasteiger partial charge < -0.3 is 21.1 Å². The second-order valence-corrected chi connectivity index (χ2v) is 2.79. The van der Waals surface area contributed by atoms with Gasteiger partial charge in [-0.15, -0.1) is 0 Å². The van der Waals surface area contributed by atoms with Gasteiger partial charge in [0.2, 0.25) is 0 Å². The van der Waals surface area contributed by atoms with E-state index >= 15 is 0 Å². The van der Waals surface area contributed by atoms with E-state index in [0.717, 1.165) is 0 Å². The molecular formula is C6H13NO3. The van der Waals surface area contributed by atoms with Crippen molar-refractivity contribution in [1.29, 1.82) is 0 Å². The first-order chi connectivity index (χ1) is 4.63. The van der Waals surface area contributed by atoms with Crippen molar-refractivity contribution < 1.29 is 15.3 Å². The van der Waals surface area contributed by atoms with Gasteiger partial charge in [0.1, 0.15) is 6.10 Å². The van der Waals surface area contributed by atoms with Crippen molar-refractivity contribution in [2.45, 2.75) is 37.2 Å². The average Bonchev–Trinajstić information content (AvgIpc) is 1.93. The minimum Gasteiger partial charge on any atom is -0.390 e. The maximum Gasteiger partial charge on any atom is 0.107 e. The molecule has 1 aliphatic rings. The summed E-state index contributed by atoms with van der Waals surface area (Å²) in [7, 11) is 0. The molecule has 0 heterocycles. The Morgan fingerprint density at radius 2 is 1.60 bits per heavy atom. The Morgan fingerprint density at radius 1 is 1.00 bits per heavy atom. The molecule has 5 N–H and O–H groups in total. The zero-order chi connectivity index (χ0) is 7.72. The van der Waals surface area contributed by atoms with E-state index in [1.165, 1.54) is 0 Å². The fourth-order valence-corrected chi connectivity index (χ4v) is 1.19. The van der Waals surface area contributed by atoms with E-state index in [1.807, 2.05) is 0 Å². The van der Waals surface area contributed by atoms with Crippen LogP contribution >= 0.6 is 0 Å². The topological polar surface area (TPSA) is 86.7 Å². The summed E-state index contributed by atoms with van der Waals surface area (Å²) in [5, 5.41) is 27.1. The van der Waals surface area contributed by atoms with Crippen LogP contribution in [0.1, 0.15) is 12.8 Å². The Hall–Kier alpha value is -0.160. The van der Waals surface area contributed by atoms with Crippen LogP contribution < -0.4 is 5.73 Å². The van der Waals surface area contributed by atoms with E-state index in [-0.39, 0.29) is 0 Å². The summed E-state index contributed by atoms with van der Waals surface area (Å²) in [6, 6.07) is -0.390. The molecule has 0 amide bonds. The second kappa shape index (κ2) is 2.84. The highest BCUT2D eigenvalue weighted by molar-refractivity contribution is 4.89. The molecule has 10 heavy (non-hydrogen) atoms. The van der Waals surface area contributed by atoms with Crippen LogP contribution in [0, 0.1) is 0 Å². The molecule has 4 heteroatoms. The summed E-state index contributed by atoms with van der Waals surface area (Å²) in [6.07, 6.45) is -1.80. The van der Waals surface area contributed by atoms with Crippen LogP contribution in [0.25, 0.3) is 0 Å². The fourth-order valence-electron chi connectivity index (χ4n) is 1.19. The number of hydrogen-bond donors (Lipinski definition) is 4. The van der Waals surface area contributed by atoms with Crippen LogP contribution in [0.4, 0.5) is 0 Å². The van der Waals surface area contributed by atoms with Gasteiger partial charge in [0, 0.05) is 6.04 Å². The Morgan fingerprint density at radius 3 is 2.10 bits per heavy atom. The third kappa shape index (κ3) is 1.29. The summed E-state index contributed by atoms with van der Waals surface area (Å²) in [5.41, 5.74) is 5.41. The first-order valence-corrected chi connectivity index (χ1v) is 3.42. The van der Waals surface area contributed by atoms with Crippen molar-refractivity contribution in [1.82, 2.24) is 0 Å². The summed E-state index contributed by atoms with van der Waals surface area (Å²) >= 11 is 0. The number of rotatable bonds is 0. The molecule has 0 unspecified atom stereocenters. The van der Waals surface area contributed by atoms with E-state index in [4.69, 9.17) is 21.1 Å². The van der Waals surface area contributed by atoms with E-state index in [1.54, 1.807) is 0 Å². The highest BCUT2D eigenvalue weighted by Gasteiger charge is 2.34. The minimum atomic E-state index is -1.07. The van der Waals surface area contributed by atoms with Crippen LogP contribution in [0.15, 0.2) is 0 Å². The van der Waals surface area contributed by atoms with Crippen LogP contribution in [0.3, 0.4) is 0 Å². The normalized spacial score (nSPS) is 49.2. The molecule has 1 rings (SSSR count). The van der Waals surface area contributed by atoms with Crippen LogP contribution in [0.5, 0.6) is 0 Å². The maximum atomic E-state index is 9.08. The molecule has 0 aromatic carbocycles. The Balaban J connectivity index is 2.52. The molecule has 0 saturated heterocycles. The number of aliphatic hydroxyl groups is 3. The molecule has 1 saturated carbocycles. The molecule has 0 aromatic rings. The Labute approximate surface area is 59.3 Å². The molecular weight excluding hydrogens is 134 g/mol. The summed E-state index contributed by atoms with van der Waals surface area (Å²) in [5.74, 6) is 0. The zero-order valence-corrected chi connectivity index (χ0v) is 5.64. The van der Waals surface area contributed by atoms with Gasteiger partial charge in [0.15, 0.2) is 0 Å². The SMILES string of the molecule is N[C@H]1CC[C@H](O)[C@H](O)[C@H]1O. The lowest BCUT2D eigenvalue weighted by Crippen LogP contribution is -2.52. The lowest BCUT2D eigenvalue weighted by Gasteiger charge is -2.32. The van der Waals surface area contributed by atoms with E-state index in [2.05, 4.69) is 0 Å². The summed E-state index contributed by atoms with van der Waals surface area (Å²) in [6.45, 7) is 0. The van der Waals surface area contributed by atoms with E-state index < -0.39 is 24.4 Å². The van der Waals surface area contributed by atoms with Crippen LogP contribution in [0.2, 0.25) is 0 Å². The maximum absolute atomic E-state index is 9.08. The molecule has 0 radical (unpaired) electrons. The minimum absolute atomic E-state index is 0.390. The van der Waals surface area contributed by atoms with Gasteiger partial charge in [-0.2, -0.15) is 0 Å². The van der Waals surface area contributed by atoms with Gasteiger partial charge in [0.25, 0.3) is 0 Å². The fraction of sp³-hybridized carbons (Fsp3) is 1.00. The zero-order valence-electron chi connectivity index (χ0n) is 5.64. The number of nitrogens with two attached hydrogens (primary N) is 1. The lowest BCUT2D eigenvalue weighted by atomic mass is 9.88. The highest BCUT2D eigenvalue weighted by Crippen LogP contribution is 2.17. The van der Waals surface area contributed by atoms with Crippen LogP contribution in [-0.2, 0) is 0 Å². The van der Waals surface area contributed by atoms with Gasteiger partial charge in [-0.05, 0) is 12.8 Å². The molecule has 60 valence electrons. The van der Waals surface area contributed by atoms with Crippen molar-refractivity contribution in [3.63, 3.8) is 0 Å². The third-order valence-electron chi connectivity index (χ3n) is 1.98. The van der Waals surface area contributed by atoms with Crippen molar-refractivity contribution in [2.75, 3.05) is 0 Å². The number of aliphatic hydroxyl groups excluding tert-OH is 3. The molecule has 0 aromatic heterocycles. The van der Waals surface area contributed by atoms with Crippen molar-refractivity contribution >= 4 is 0 Å². The van der Waals surface area contributed by atoms with Crippen molar-refractivity contribution in [2.24, 2.45) is 5.73 Å². The Kier molecular flexibility index (Phi) is 2.25. The largest absolute Gasteiger partial charge is 0.390 e. The molecule has 0 bridgehead atoms. The van der Waals surface area contributed by atoms with Gasteiger partial charge in [0.05, 0.1) is 12.2 Å². The molecule has 4 atom stereocenters. The predicted molar refractivity (Wildman–Crippen MR) is 35.2 cm³/mol. The van der Waals surface area contributed by atoms with Gasteiger partial charge in [-0.3, -0.25) is 0 Å². The van der Waals surface area contributed by atoms with Crippen molar-refractivity contribution in [3.05, 3.63) is 0 Å². The van der Waals surface area contributed by atoms with Crippen LogP contribution in [-0.4, -0.2) is 39.7 Å². The van der Waals surface area contributed by atoms with E-state index in [9.17, 15) is 0 Å². The highest BCUT2D eigenvalue weighted by atomic mass is 16.4. The predicted octanol–water partition coefficient (Wildman–Crippen LogP) is -1.81. The molecule has 1 aliphatic carbocycles. The van der Waals surface area contributed by atoms with Gasteiger partial charge in [-0.1, -0.05) is 0 Å². The Bertz CT molecular complexity index is 106. The molecule has 0 aliphatic heterocycles. The third-order valence-corrected chi connectivity index (χ3v) is 1.98. The standard InChI is InChI=1S/C6H13NO3/c7-3-1-2-4(8)6(10)5(3)9/h3-6,8-10H,1-2,7H2/t3-,4-,5-,6-/m0/s1. The van der Waals surface area contributed by atoms with E-state index in [0.29, 0.717) is 12.8 Å². The molecule has 4 nitrogen and oxygen atoms in total. The van der Waals surface area contributed by atoms with Gasteiger partial charge >= 0.3 is 0 Å². The first kappa shape index (κ1) is 7.94. The monoisotopic (exact) mass is 147 g/mol.